The molecule has 4 aromatic heterocycles. The lowest BCUT2D eigenvalue weighted by Gasteiger charge is -2.23. The Kier molecular flexibility index (Phi) is 5.70. The fraction of sp³-hybridized carbons (Fsp3) is 0.179. The van der Waals surface area contributed by atoms with Gasteiger partial charge in [0.2, 0.25) is 0 Å². The molecular weight excluding hydrogens is 486 g/mol. The molecule has 9 heteroatoms. The zero-order chi connectivity index (χ0) is 25.5. The van der Waals surface area contributed by atoms with Gasteiger partial charge in [-0.15, -0.1) is 0 Å². The van der Waals surface area contributed by atoms with E-state index < -0.39 is 0 Å². The fourth-order valence-corrected chi connectivity index (χ4v) is 4.63. The van der Waals surface area contributed by atoms with Gasteiger partial charge >= 0.3 is 0 Å². The second-order valence-corrected chi connectivity index (χ2v) is 9.45. The minimum Gasteiger partial charge on any atom is -0.383 e. The quantitative estimate of drug-likeness (QED) is 0.363. The molecule has 4 heterocycles. The number of halogens is 1. The molecule has 1 amide bonds. The highest BCUT2D eigenvalue weighted by Gasteiger charge is 2.34. The molecule has 8 nitrogen and oxygen atoms in total. The maximum absolute atomic E-state index is 13.8. The molecule has 37 heavy (non-hydrogen) atoms. The van der Waals surface area contributed by atoms with Crippen LogP contribution in [0.3, 0.4) is 0 Å². The lowest BCUT2D eigenvalue weighted by molar-refractivity contribution is 0.0728. The molecule has 0 atom stereocenters. The Bertz CT molecular complexity index is 1720. The van der Waals surface area contributed by atoms with E-state index in [-0.39, 0.29) is 11.9 Å². The van der Waals surface area contributed by atoms with E-state index in [4.69, 9.17) is 17.3 Å². The first-order valence-corrected chi connectivity index (χ1v) is 12.2. The summed E-state index contributed by atoms with van der Waals surface area (Å²) in [6.07, 6.45) is 7.02. The van der Waals surface area contributed by atoms with Gasteiger partial charge in [-0.25, -0.2) is 9.97 Å². The van der Waals surface area contributed by atoms with E-state index in [1.165, 1.54) is 0 Å². The second kappa shape index (κ2) is 9.19. The monoisotopic (exact) mass is 507 g/mol. The highest BCUT2D eigenvalue weighted by atomic mass is 35.5. The van der Waals surface area contributed by atoms with Gasteiger partial charge in [0.25, 0.3) is 5.91 Å². The predicted octanol–water partition coefficient (Wildman–Crippen LogP) is 4.35. The number of rotatable bonds is 4. The first-order valence-electron chi connectivity index (χ1n) is 11.9. The van der Waals surface area contributed by atoms with Crippen LogP contribution in [0.15, 0.2) is 61.1 Å². The van der Waals surface area contributed by atoms with Crippen molar-refractivity contribution >= 4 is 45.1 Å². The number of carbonyl (C=O) groups is 1. The van der Waals surface area contributed by atoms with E-state index in [0.29, 0.717) is 34.2 Å². The Morgan fingerprint density at radius 2 is 2.00 bits per heavy atom. The van der Waals surface area contributed by atoms with Gasteiger partial charge in [0.1, 0.15) is 11.5 Å². The summed E-state index contributed by atoms with van der Waals surface area (Å²) in [5.41, 5.74) is 10.2. The van der Waals surface area contributed by atoms with E-state index >= 15 is 0 Å². The molecule has 0 saturated heterocycles. The summed E-state index contributed by atoms with van der Waals surface area (Å²) in [6, 6.07) is 13.1. The van der Waals surface area contributed by atoms with E-state index in [1.807, 2.05) is 42.3 Å². The molecule has 1 aliphatic rings. The molecule has 5 aromatic rings. The van der Waals surface area contributed by atoms with Gasteiger partial charge in [-0.05, 0) is 55.2 Å². The van der Waals surface area contributed by atoms with Crippen molar-refractivity contribution in [1.82, 2.24) is 29.6 Å². The standard InChI is InChI=1S/C28H22ClN7O/c1-35-26-22-12-21(24(29)13-25(22)34-27(30)23(26)15-33-35)28(37)36(20-9-10-20)16-19-8-6-17(14-32-19)5-7-18-4-2-3-11-31-18/h2-4,6,8,11-15,20H,9-10,16H2,1H3,(H2,30,34). The Hall–Kier alpha value is -4.48. The number of carbonyl (C=O) groups excluding carboxylic acids is 1. The summed E-state index contributed by atoms with van der Waals surface area (Å²) < 4.78 is 1.73. The molecule has 0 spiro atoms. The topological polar surface area (TPSA) is 103 Å². The van der Waals surface area contributed by atoms with Crippen LogP contribution in [0.4, 0.5) is 5.82 Å². The zero-order valence-corrected chi connectivity index (χ0v) is 20.8. The Morgan fingerprint density at radius 1 is 1.14 bits per heavy atom. The summed E-state index contributed by atoms with van der Waals surface area (Å²) in [7, 11) is 1.84. The number of nitrogen functional groups attached to an aromatic ring is 1. The number of anilines is 1. The van der Waals surface area contributed by atoms with Gasteiger partial charge < -0.3 is 10.6 Å². The summed E-state index contributed by atoms with van der Waals surface area (Å²) in [5.74, 6) is 6.35. The van der Waals surface area contributed by atoms with Crippen LogP contribution < -0.4 is 5.73 Å². The molecule has 1 aromatic carbocycles. The predicted molar refractivity (Wildman–Crippen MR) is 143 cm³/mol. The van der Waals surface area contributed by atoms with Gasteiger partial charge in [0, 0.05) is 36.4 Å². The van der Waals surface area contributed by atoms with Gasteiger partial charge in [-0.2, -0.15) is 5.10 Å². The molecule has 1 saturated carbocycles. The third kappa shape index (κ3) is 4.46. The largest absolute Gasteiger partial charge is 0.383 e. The van der Waals surface area contributed by atoms with E-state index in [2.05, 4.69) is 31.9 Å². The fourth-order valence-electron chi connectivity index (χ4n) is 4.39. The lowest BCUT2D eigenvalue weighted by Crippen LogP contribution is -2.33. The van der Waals surface area contributed by atoms with Crippen molar-refractivity contribution in [3.63, 3.8) is 0 Å². The van der Waals surface area contributed by atoms with Crippen LogP contribution in [0.25, 0.3) is 21.8 Å². The van der Waals surface area contributed by atoms with Crippen LogP contribution in [-0.2, 0) is 13.6 Å². The second-order valence-electron chi connectivity index (χ2n) is 9.04. The smallest absolute Gasteiger partial charge is 0.255 e. The molecule has 182 valence electrons. The number of nitrogens with two attached hydrogens (primary N) is 1. The van der Waals surface area contributed by atoms with Crippen molar-refractivity contribution in [2.24, 2.45) is 7.05 Å². The number of hydrogen-bond acceptors (Lipinski definition) is 6. The van der Waals surface area contributed by atoms with Crippen molar-refractivity contribution in [2.45, 2.75) is 25.4 Å². The molecule has 0 radical (unpaired) electrons. The maximum atomic E-state index is 13.8. The first-order chi connectivity index (χ1) is 18.0. The third-order valence-electron chi connectivity index (χ3n) is 6.43. The number of fused-ring (bicyclic) bond motifs is 3. The van der Waals surface area contributed by atoms with Crippen LogP contribution in [0.1, 0.15) is 40.2 Å². The van der Waals surface area contributed by atoms with Crippen LogP contribution in [0, 0.1) is 11.8 Å². The van der Waals surface area contributed by atoms with Crippen LogP contribution >= 0.6 is 11.6 Å². The minimum absolute atomic E-state index is 0.137. The molecule has 6 rings (SSSR count). The van der Waals surface area contributed by atoms with Crippen LogP contribution in [0.2, 0.25) is 5.02 Å². The average Bonchev–Trinajstić information content (AvgIpc) is 3.68. The number of benzene rings is 1. The van der Waals surface area contributed by atoms with Crippen molar-refractivity contribution in [3.8, 4) is 11.8 Å². The van der Waals surface area contributed by atoms with Crippen molar-refractivity contribution in [1.29, 1.82) is 0 Å². The SMILES string of the molecule is Cn1ncc2c(N)nc3cc(Cl)c(C(=O)N(Cc4ccc(C#Cc5ccccn5)cn4)C4CC4)cc3c21. The lowest BCUT2D eigenvalue weighted by atomic mass is 10.1. The molecule has 1 fully saturated rings. The van der Waals surface area contributed by atoms with Gasteiger partial charge in [-0.1, -0.05) is 23.6 Å². The van der Waals surface area contributed by atoms with Crippen molar-refractivity contribution < 1.29 is 4.79 Å². The molecular formula is C28H22ClN7O. The van der Waals surface area contributed by atoms with Crippen LogP contribution in [0.5, 0.6) is 0 Å². The highest BCUT2D eigenvalue weighted by molar-refractivity contribution is 6.35. The molecule has 0 unspecified atom stereocenters. The number of aryl methyl sites for hydroxylation is 1. The van der Waals surface area contributed by atoms with Crippen molar-refractivity contribution in [3.05, 3.63) is 88.6 Å². The van der Waals surface area contributed by atoms with Gasteiger partial charge in [-0.3, -0.25) is 14.5 Å². The summed E-state index contributed by atoms with van der Waals surface area (Å²) >= 11 is 6.61. The average molecular weight is 508 g/mol. The van der Waals surface area contributed by atoms with Crippen molar-refractivity contribution in [2.75, 3.05) is 5.73 Å². The molecule has 0 bridgehead atoms. The number of nitrogens with zero attached hydrogens (tertiary/aromatic N) is 6. The van der Waals surface area contributed by atoms with E-state index in [1.54, 1.807) is 35.4 Å². The maximum Gasteiger partial charge on any atom is 0.255 e. The molecule has 1 aliphatic carbocycles. The summed E-state index contributed by atoms with van der Waals surface area (Å²) in [5, 5.41) is 6.18. The number of pyridine rings is 3. The highest BCUT2D eigenvalue weighted by Crippen LogP contribution is 2.34. The number of amides is 1. The summed E-state index contributed by atoms with van der Waals surface area (Å²) in [6.45, 7) is 0.382. The third-order valence-corrected chi connectivity index (χ3v) is 6.74. The van der Waals surface area contributed by atoms with E-state index in [0.717, 1.165) is 40.4 Å². The zero-order valence-electron chi connectivity index (χ0n) is 20.0. The number of aromatic nitrogens is 5. The first kappa shape index (κ1) is 23.0. The van der Waals surface area contributed by atoms with Gasteiger partial charge in [0.15, 0.2) is 0 Å². The van der Waals surface area contributed by atoms with Gasteiger partial charge in [0.05, 0.1) is 45.4 Å². The summed E-state index contributed by atoms with van der Waals surface area (Å²) in [4.78, 5) is 28.9. The minimum atomic E-state index is -0.137. The Labute approximate surface area is 218 Å². The Balaban J connectivity index is 1.30. The van der Waals surface area contributed by atoms with Crippen LogP contribution in [-0.4, -0.2) is 41.6 Å². The molecule has 0 aliphatic heterocycles. The Morgan fingerprint density at radius 3 is 2.73 bits per heavy atom. The molecule has 2 N–H and O–H groups in total. The normalized spacial score (nSPS) is 12.9. The van der Waals surface area contributed by atoms with E-state index in [9.17, 15) is 4.79 Å². The number of hydrogen-bond donors (Lipinski definition) is 1.